The Hall–Kier alpha value is -3.78. The molecule has 10 N–H and O–H groups in total. The highest BCUT2D eigenvalue weighted by molar-refractivity contribution is 5.93. The quantitative estimate of drug-likeness (QED) is 0.128. The number of nitrogens with two attached hydrogens (primary N) is 2. The number of hydrogen-bond acceptors (Lipinski definition) is 8. The van der Waals surface area contributed by atoms with Crippen molar-refractivity contribution in [2.24, 2.45) is 11.5 Å². The molecular weight excluding hydrogens is 458 g/mol. The van der Waals surface area contributed by atoms with Gasteiger partial charge in [-0.2, -0.15) is 0 Å². The first kappa shape index (κ1) is 27.5. The third-order valence-electron chi connectivity index (χ3n) is 5.26. The molecule has 0 aromatic carbocycles. The van der Waals surface area contributed by atoms with Crippen LogP contribution >= 0.6 is 0 Å². The van der Waals surface area contributed by atoms with Crippen LogP contribution in [0.4, 0.5) is 0 Å². The van der Waals surface area contributed by atoms with Gasteiger partial charge in [0.2, 0.25) is 17.7 Å². The zero-order valence-electron chi connectivity index (χ0n) is 19.5. The van der Waals surface area contributed by atoms with E-state index in [-0.39, 0.29) is 19.3 Å². The van der Waals surface area contributed by atoms with Crippen LogP contribution < -0.4 is 27.4 Å². The fourth-order valence-electron chi connectivity index (χ4n) is 3.26. The number of aromatic amines is 2. The van der Waals surface area contributed by atoms with Crippen LogP contribution in [0.15, 0.2) is 25.0 Å². The van der Waals surface area contributed by atoms with Crippen LogP contribution in [0.2, 0.25) is 0 Å². The molecule has 0 fully saturated rings. The molecule has 0 aliphatic rings. The predicted molar refractivity (Wildman–Crippen MR) is 125 cm³/mol. The van der Waals surface area contributed by atoms with E-state index in [0.717, 1.165) is 0 Å². The molecule has 2 aromatic rings. The summed E-state index contributed by atoms with van der Waals surface area (Å²) < 4.78 is 0. The number of amides is 3. The normalized spacial score (nSPS) is 14.4. The molecule has 0 spiro atoms. The van der Waals surface area contributed by atoms with Crippen molar-refractivity contribution >= 4 is 23.7 Å². The van der Waals surface area contributed by atoms with E-state index in [1.54, 1.807) is 6.20 Å². The van der Waals surface area contributed by atoms with E-state index in [1.807, 2.05) is 0 Å². The number of H-pyrrole nitrogens is 2. The first-order valence-corrected chi connectivity index (χ1v) is 11.2. The molecule has 4 atom stereocenters. The maximum Gasteiger partial charge on any atom is 0.326 e. The number of unbranched alkanes of at least 4 members (excludes halogenated alkanes) is 1. The molecule has 14 heteroatoms. The summed E-state index contributed by atoms with van der Waals surface area (Å²) in [6, 6.07) is -4.14. The highest BCUT2D eigenvalue weighted by atomic mass is 16.4. The lowest BCUT2D eigenvalue weighted by Gasteiger charge is -2.23. The number of aliphatic carboxylic acids is 1. The van der Waals surface area contributed by atoms with E-state index >= 15 is 0 Å². The monoisotopic (exact) mass is 491 g/mol. The zero-order valence-corrected chi connectivity index (χ0v) is 19.5. The number of nitrogens with one attached hydrogen (secondary N) is 5. The Morgan fingerprint density at radius 1 is 0.914 bits per heavy atom. The van der Waals surface area contributed by atoms with Crippen LogP contribution in [0, 0.1) is 0 Å². The topological polar surface area (TPSA) is 234 Å². The van der Waals surface area contributed by atoms with Gasteiger partial charge < -0.3 is 42.5 Å². The molecule has 0 aliphatic heterocycles. The molecule has 35 heavy (non-hydrogen) atoms. The molecule has 3 amide bonds. The number of aromatic nitrogens is 4. The zero-order chi connectivity index (χ0) is 25.8. The van der Waals surface area contributed by atoms with Crippen molar-refractivity contribution in [3.8, 4) is 0 Å². The SMILES string of the molecule is CC(NC(=O)C(CCCCN)NC(=O)C(N)Cc1cnc[nH]1)C(=O)NC(Cc1cnc[nH]1)C(=O)O. The maximum atomic E-state index is 12.9. The second-order valence-electron chi connectivity index (χ2n) is 8.14. The van der Waals surface area contributed by atoms with Crippen molar-refractivity contribution in [3.05, 3.63) is 36.4 Å². The van der Waals surface area contributed by atoms with Crippen molar-refractivity contribution in [2.75, 3.05) is 6.54 Å². The van der Waals surface area contributed by atoms with E-state index in [4.69, 9.17) is 11.5 Å². The molecule has 2 aromatic heterocycles. The number of rotatable bonds is 15. The van der Waals surface area contributed by atoms with Crippen molar-refractivity contribution in [1.82, 2.24) is 35.9 Å². The average Bonchev–Trinajstić information content (AvgIpc) is 3.52. The summed E-state index contributed by atoms with van der Waals surface area (Å²) in [6.45, 7) is 1.85. The van der Waals surface area contributed by atoms with E-state index in [1.165, 1.54) is 25.8 Å². The van der Waals surface area contributed by atoms with Gasteiger partial charge in [-0.15, -0.1) is 0 Å². The van der Waals surface area contributed by atoms with Gasteiger partial charge >= 0.3 is 5.97 Å². The Balaban J connectivity index is 1.96. The highest BCUT2D eigenvalue weighted by Gasteiger charge is 2.28. The molecule has 2 heterocycles. The number of carbonyl (C=O) groups excluding carboxylic acids is 3. The highest BCUT2D eigenvalue weighted by Crippen LogP contribution is 2.05. The minimum Gasteiger partial charge on any atom is -0.480 e. The van der Waals surface area contributed by atoms with Crippen LogP contribution in [0.25, 0.3) is 0 Å². The molecule has 14 nitrogen and oxygen atoms in total. The standard InChI is InChI=1S/C21H33N9O5/c1-12(18(31)30-17(21(34)35)7-14-9-25-11-27-14)28-20(33)16(4-2-3-5-22)29-19(32)15(23)6-13-8-24-10-26-13/h8-12,15-17H,2-7,22-23H2,1H3,(H,24,26)(H,25,27)(H,28,33)(H,29,32)(H,30,31)(H,34,35). The first-order valence-electron chi connectivity index (χ1n) is 11.2. The summed E-state index contributed by atoms with van der Waals surface area (Å²) in [6.07, 6.45) is 7.58. The number of hydrogen-bond donors (Lipinski definition) is 8. The Kier molecular flexibility index (Phi) is 10.8. The van der Waals surface area contributed by atoms with Crippen LogP contribution in [0.1, 0.15) is 37.6 Å². The second kappa shape index (κ2) is 13.8. The molecular formula is C21H33N9O5. The van der Waals surface area contributed by atoms with E-state index < -0.39 is 47.9 Å². The minimum absolute atomic E-state index is 0.00622. The molecule has 0 bridgehead atoms. The van der Waals surface area contributed by atoms with Gasteiger partial charge in [0, 0.05) is 36.6 Å². The smallest absolute Gasteiger partial charge is 0.326 e. The van der Waals surface area contributed by atoms with Crippen molar-refractivity contribution in [3.63, 3.8) is 0 Å². The van der Waals surface area contributed by atoms with Gasteiger partial charge in [0.1, 0.15) is 18.1 Å². The predicted octanol–water partition coefficient (Wildman–Crippen LogP) is -2.07. The summed E-state index contributed by atoms with van der Waals surface area (Å²) in [5, 5.41) is 17.0. The largest absolute Gasteiger partial charge is 0.480 e. The van der Waals surface area contributed by atoms with Gasteiger partial charge in [-0.3, -0.25) is 14.4 Å². The van der Waals surface area contributed by atoms with Crippen LogP contribution in [0.5, 0.6) is 0 Å². The fourth-order valence-corrected chi connectivity index (χ4v) is 3.26. The van der Waals surface area contributed by atoms with Crippen molar-refractivity contribution in [2.45, 2.75) is 63.2 Å². The van der Waals surface area contributed by atoms with Crippen molar-refractivity contribution in [1.29, 1.82) is 0 Å². The number of carboxylic acid groups (broad SMARTS) is 1. The summed E-state index contributed by atoms with van der Waals surface area (Å²) in [5.74, 6) is -3.04. The number of nitrogens with zero attached hydrogens (tertiary/aromatic N) is 2. The molecule has 0 saturated carbocycles. The number of imidazole rings is 2. The van der Waals surface area contributed by atoms with Gasteiger partial charge in [0.25, 0.3) is 0 Å². The fraction of sp³-hybridized carbons (Fsp3) is 0.524. The average molecular weight is 492 g/mol. The molecule has 0 radical (unpaired) electrons. The van der Waals surface area contributed by atoms with Crippen LogP contribution in [-0.4, -0.2) is 79.4 Å². The lowest BCUT2D eigenvalue weighted by atomic mass is 10.1. The van der Waals surface area contributed by atoms with E-state index in [9.17, 15) is 24.3 Å². The van der Waals surface area contributed by atoms with E-state index in [0.29, 0.717) is 30.8 Å². The van der Waals surface area contributed by atoms with Gasteiger partial charge in [0.05, 0.1) is 18.7 Å². The number of carboxylic acids is 1. The third-order valence-corrected chi connectivity index (χ3v) is 5.26. The maximum absolute atomic E-state index is 12.9. The Labute approximate surface area is 202 Å². The Morgan fingerprint density at radius 3 is 2.06 bits per heavy atom. The second-order valence-corrected chi connectivity index (χ2v) is 8.14. The van der Waals surface area contributed by atoms with Gasteiger partial charge in [-0.05, 0) is 32.7 Å². The molecule has 4 unspecified atom stereocenters. The Morgan fingerprint density at radius 2 is 1.51 bits per heavy atom. The first-order chi connectivity index (χ1) is 16.7. The lowest BCUT2D eigenvalue weighted by molar-refractivity contribution is -0.142. The molecule has 192 valence electrons. The summed E-state index contributed by atoms with van der Waals surface area (Å²) >= 11 is 0. The molecule has 0 saturated heterocycles. The Bertz CT molecular complexity index is 949. The van der Waals surface area contributed by atoms with Crippen LogP contribution in [0.3, 0.4) is 0 Å². The summed E-state index contributed by atoms with van der Waals surface area (Å²) in [4.78, 5) is 62.9. The lowest BCUT2D eigenvalue weighted by Crippen LogP contribution is -2.56. The van der Waals surface area contributed by atoms with Gasteiger partial charge in [-0.25, -0.2) is 14.8 Å². The molecule has 0 aliphatic carbocycles. The van der Waals surface area contributed by atoms with Gasteiger partial charge in [-0.1, -0.05) is 0 Å². The van der Waals surface area contributed by atoms with E-state index in [2.05, 4.69) is 35.9 Å². The summed E-state index contributed by atoms with van der Waals surface area (Å²) in [7, 11) is 0. The van der Waals surface area contributed by atoms with Crippen molar-refractivity contribution < 1.29 is 24.3 Å². The van der Waals surface area contributed by atoms with Gasteiger partial charge in [0.15, 0.2) is 0 Å². The van der Waals surface area contributed by atoms with Crippen LogP contribution in [-0.2, 0) is 32.0 Å². The third kappa shape index (κ3) is 9.17. The summed E-state index contributed by atoms with van der Waals surface area (Å²) in [5.41, 5.74) is 12.7. The molecule has 2 rings (SSSR count). The number of carbonyl (C=O) groups is 4. The minimum atomic E-state index is -1.23.